The molecular weight excluding hydrogens is 282 g/mol. The Morgan fingerprint density at radius 3 is 3.00 bits per heavy atom. The quantitative estimate of drug-likeness (QED) is 0.912. The lowest BCUT2D eigenvalue weighted by Gasteiger charge is -2.34. The minimum atomic E-state index is -0.442. The van der Waals surface area contributed by atoms with Gasteiger partial charge in [0, 0.05) is 12.2 Å². The van der Waals surface area contributed by atoms with Crippen molar-refractivity contribution in [2.75, 3.05) is 6.73 Å². The summed E-state index contributed by atoms with van der Waals surface area (Å²) in [6.07, 6.45) is 7.35. The molecule has 1 unspecified atom stereocenters. The number of amidine groups is 1. The van der Waals surface area contributed by atoms with Gasteiger partial charge in [-0.15, -0.1) is 0 Å². The zero-order valence-electron chi connectivity index (χ0n) is 12.3. The SMILES string of the molecule is CC1(c2ccccn2)OCN=C(N[C@H]2C[C@@H]3CC[C@H]2C3)S1. The van der Waals surface area contributed by atoms with Crippen molar-refractivity contribution in [2.24, 2.45) is 16.8 Å². The summed E-state index contributed by atoms with van der Waals surface area (Å²) in [4.78, 5) is 8.52. The lowest BCUT2D eigenvalue weighted by molar-refractivity contribution is 0.0370. The standard InChI is InChI=1S/C16H21N3OS/c1-16(14-4-2-3-7-17-14)20-10-18-15(21-16)19-13-9-11-5-6-12(13)8-11/h2-4,7,11-13H,5-6,8-10H2,1H3,(H,18,19)/t11-,12+,13+,16?/m1/s1. The molecule has 3 aliphatic rings. The molecule has 1 aromatic rings. The van der Waals surface area contributed by atoms with E-state index >= 15 is 0 Å². The molecule has 1 N–H and O–H groups in total. The lowest BCUT2D eigenvalue weighted by Crippen LogP contribution is -2.41. The molecule has 4 rings (SSSR count). The number of hydrogen-bond donors (Lipinski definition) is 1. The normalized spacial score (nSPS) is 38.3. The van der Waals surface area contributed by atoms with Gasteiger partial charge in [-0.25, -0.2) is 4.99 Å². The number of thioether (sulfide) groups is 1. The van der Waals surface area contributed by atoms with Crippen molar-refractivity contribution in [2.45, 2.75) is 43.6 Å². The summed E-state index contributed by atoms with van der Waals surface area (Å²) >= 11 is 1.66. The van der Waals surface area contributed by atoms with Crippen LogP contribution in [0.3, 0.4) is 0 Å². The van der Waals surface area contributed by atoms with Gasteiger partial charge in [-0.3, -0.25) is 4.98 Å². The third-order valence-corrected chi connectivity index (χ3v) is 6.17. The molecule has 4 nitrogen and oxygen atoms in total. The fourth-order valence-electron chi connectivity index (χ4n) is 3.87. The van der Waals surface area contributed by atoms with E-state index in [2.05, 4.69) is 22.2 Å². The van der Waals surface area contributed by atoms with Gasteiger partial charge in [0.15, 0.2) is 10.1 Å². The number of pyridine rings is 1. The van der Waals surface area contributed by atoms with Crippen LogP contribution in [0.4, 0.5) is 0 Å². The van der Waals surface area contributed by atoms with E-state index in [1.165, 1.54) is 25.7 Å². The van der Waals surface area contributed by atoms with Gasteiger partial charge in [-0.2, -0.15) is 0 Å². The van der Waals surface area contributed by atoms with E-state index in [0.29, 0.717) is 12.8 Å². The van der Waals surface area contributed by atoms with Crippen LogP contribution >= 0.6 is 11.8 Å². The Labute approximate surface area is 129 Å². The molecule has 4 atom stereocenters. The number of rotatable bonds is 2. The predicted octanol–water partition coefficient (Wildman–Crippen LogP) is 3.11. The Morgan fingerprint density at radius 2 is 2.29 bits per heavy atom. The molecule has 2 heterocycles. The molecule has 2 saturated carbocycles. The Hall–Kier alpha value is -1.07. The number of ether oxygens (including phenoxy) is 1. The maximum Gasteiger partial charge on any atom is 0.162 e. The topological polar surface area (TPSA) is 46.5 Å². The Bertz CT molecular complexity index is 550. The molecule has 0 spiro atoms. The van der Waals surface area contributed by atoms with E-state index in [1.54, 1.807) is 11.8 Å². The zero-order valence-corrected chi connectivity index (χ0v) is 13.1. The van der Waals surface area contributed by atoms with E-state index in [-0.39, 0.29) is 0 Å². The van der Waals surface area contributed by atoms with Gasteiger partial charge >= 0.3 is 0 Å². The Kier molecular flexibility index (Phi) is 3.42. The summed E-state index contributed by atoms with van der Waals surface area (Å²) in [7, 11) is 0. The number of aliphatic imine (C=N–C) groups is 1. The monoisotopic (exact) mass is 303 g/mol. The summed E-state index contributed by atoms with van der Waals surface area (Å²) in [6.45, 7) is 2.49. The van der Waals surface area contributed by atoms with Crippen molar-refractivity contribution in [3.05, 3.63) is 30.1 Å². The molecule has 0 aromatic carbocycles. The van der Waals surface area contributed by atoms with Crippen LogP contribution in [-0.4, -0.2) is 22.9 Å². The van der Waals surface area contributed by atoms with Crippen LogP contribution in [0, 0.1) is 11.8 Å². The van der Waals surface area contributed by atoms with Gasteiger partial charge in [0.2, 0.25) is 0 Å². The van der Waals surface area contributed by atoms with Gasteiger partial charge in [-0.05, 0) is 61.9 Å². The number of hydrogen-bond acceptors (Lipinski definition) is 5. The number of aromatic nitrogens is 1. The van der Waals surface area contributed by atoms with Crippen LogP contribution in [0.1, 0.15) is 38.3 Å². The molecule has 0 amide bonds. The molecule has 21 heavy (non-hydrogen) atoms. The first-order chi connectivity index (χ1) is 10.2. The van der Waals surface area contributed by atoms with E-state index in [9.17, 15) is 0 Å². The van der Waals surface area contributed by atoms with E-state index in [0.717, 1.165) is 22.7 Å². The second kappa shape index (κ2) is 5.29. The molecule has 2 aliphatic carbocycles. The summed E-state index contributed by atoms with van der Waals surface area (Å²) < 4.78 is 5.88. The maximum atomic E-state index is 5.88. The minimum absolute atomic E-state index is 0.406. The second-order valence-electron chi connectivity index (χ2n) is 6.43. The van der Waals surface area contributed by atoms with Crippen molar-refractivity contribution in [3.63, 3.8) is 0 Å². The molecule has 1 aliphatic heterocycles. The molecule has 112 valence electrons. The average molecular weight is 303 g/mol. The first kappa shape index (κ1) is 13.6. The molecule has 2 fully saturated rings. The fourth-order valence-corrected chi connectivity index (χ4v) is 4.91. The highest BCUT2D eigenvalue weighted by Gasteiger charge is 2.41. The highest BCUT2D eigenvalue weighted by Crippen LogP contribution is 2.45. The summed E-state index contributed by atoms with van der Waals surface area (Å²) in [5.74, 6) is 1.79. The van der Waals surface area contributed by atoms with Gasteiger partial charge in [-0.1, -0.05) is 12.5 Å². The second-order valence-corrected chi connectivity index (χ2v) is 7.80. The van der Waals surface area contributed by atoms with E-state index in [1.807, 2.05) is 24.4 Å². The average Bonchev–Trinajstić information content (AvgIpc) is 3.11. The Balaban J connectivity index is 1.47. The van der Waals surface area contributed by atoms with Gasteiger partial charge in [0.1, 0.15) is 6.73 Å². The van der Waals surface area contributed by atoms with Gasteiger partial charge in [0.25, 0.3) is 0 Å². The van der Waals surface area contributed by atoms with E-state index < -0.39 is 4.93 Å². The predicted molar refractivity (Wildman–Crippen MR) is 84.9 cm³/mol. The largest absolute Gasteiger partial charge is 0.362 e. The summed E-state index contributed by atoms with van der Waals surface area (Å²) in [6, 6.07) is 6.57. The van der Waals surface area contributed by atoms with Crippen molar-refractivity contribution < 1.29 is 4.74 Å². The first-order valence-corrected chi connectivity index (χ1v) is 8.60. The van der Waals surface area contributed by atoms with Crippen LogP contribution in [0.5, 0.6) is 0 Å². The van der Waals surface area contributed by atoms with Gasteiger partial charge in [0.05, 0.1) is 5.69 Å². The molecule has 5 heteroatoms. The fraction of sp³-hybridized carbons (Fsp3) is 0.625. The van der Waals surface area contributed by atoms with Crippen LogP contribution < -0.4 is 5.32 Å². The van der Waals surface area contributed by atoms with Crippen LogP contribution in [0.15, 0.2) is 29.4 Å². The first-order valence-electron chi connectivity index (χ1n) is 7.78. The number of nitrogens with one attached hydrogen (secondary N) is 1. The zero-order chi connectivity index (χ0) is 14.3. The summed E-state index contributed by atoms with van der Waals surface area (Å²) in [5, 5.41) is 4.70. The van der Waals surface area contributed by atoms with Crippen molar-refractivity contribution >= 4 is 16.9 Å². The van der Waals surface area contributed by atoms with E-state index in [4.69, 9.17) is 4.74 Å². The third kappa shape index (κ3) is 2.57. The van der Waals surface area contributed by atoms with Crippen LogP contribution in [0.25, 0.3) is 0 Å². The lowest BCUT2D eigenvalue weighted by atomic mass is 9.96. The molecule has 1 aromatic heterocycles. The van der Waals surface area contributed by atoms with Gasteiger partial charge < -0.3 is 10.1 Å². The van der Waals surface area contributed by atoms with Crippen molar-refractivity contribution in [1.82, 2.24) is 10.3 Å². The molecule has 0 saturated heterocycles. The number of nitrogens with zero attached hydrogens (tertiary/aromatic N) is 2. The molecule has 0 radical (unpaired) electrons. The maximum absolute atomic E-state index is 5.88. The Morgan fingerprint density at radius 1 is 1.33 bits per heavy atom. The summed E-state index contributed by atoms with van der Waals surface area (Å²) in [5.41, 5.74) is 0.956. The van der Waals surface area contributed by atoms with Crippen molar-refractivity contribution in [1.29, 1.82) is 0 Å². The van der Waals surface area contributed by atoms with Crippen LogP contribution in [-0.2, 0) is 9.67 Å². The molecule has 2 bridgehead atoms. The molecular formula is C16H21N3OS. The van der Waals surface area contributed by atoms with Crippen LogP contribution in [0.2, 0.25) is 0 Å². The minimum Gasteiger partial charge on any atom is -0.362 e. The van der Waals surface area contributed by atoms with Crippen molar-refractivity contribution in [3.8, 4) is 0 Å². The highest BCUT2D eigenvalue weighted by molar-refractivity contribution is 8.14. The highest BCUT2D eigenvalue weighted by atomic mass is 32.2. The smallest absolute Gasteiger partial charge is 0.162 e. The third-order valence-electron chi connectivity index (χ3n) is 5.02. The number of fused-ring (bicyclic) bond motifs is 2.